The van der Waals surface area contributed by atoms with Crippen molar-refractivity contribution in [1.82, 2.24) is 4.90 Å². The first-order valence-corrected chi connectivity index (χ1v) is 9.57. The minimum Gasteiger partial charge on any atom is -0.497 e. The topological polar surface area (TPSA) is 74.3 Å². The summed E-state index contributed by atoms with van der Waals surface area (Å²) in [6.07, 6.45) is 1.90. The van der Waals surface area contributed by atoms with Crippen LogP contribution in [0.15, 0.2) is 47.2 Å². The van der Waals surface area contributed by atoms with Crippen LogP contribution in [0.1, 0.15) is 18.4 Å². The fourth-order valence-corrected chi connectivity index (χ4v) is 4.03. The highest BCUT2D eigenvalue weighted by molar-refractivity contribution is 5.94. The molecular weight excluding hydrogens is 374 g/mol. The monoisotopic (exact) mass is 401 g/mol. The van der Waals surface area contributed by atoms with Crippen LogP contribution in [0.4, 0.5) is 0 Å². The molecule has 1 aliphatic carbocycles. The van der Waals surface area contributed by atoms with E-state index in [0.29, 0.717) is 37.6 Å². The molecule has 7 heteroatoms. The van der Waals surface area contributed by atoms with Gasteiger partial charge in [0.15, 0.2) is 0 Å². The Morgan fingerprint density at radius 1 is 1.03 bits per heavy atom. The SMILES string of the molecule is COC(=O)C1=C(C)C=C(N2CCOCC2)[C@H](C(=O)OC)[C@@H]1c1ccc(OC)cc1. The third-order valence-corrected chi connectivity index (χ3v) is 5.46. The van der Waals surface area contributed by atoms with Crippen LogP contribution in [-0.2, 0) is 23.8 Å². The number of carbonyl (C=O) groups is 2. The molecule has 0 spiro atoms. The lowest BCUT2D eigenvalue weighted by atomic mass is 9.73. The van der Waals surface area contributed by atoms with E-state index in [2.05, 4.69) is 4.90 Å². The molecule has 3 rings (SSSR count). The van der Waals surface area contributed by atoms with E-state index < -0.39 is 23.8 Å². The maximum Gasteiger partial charge on any atom is 0.334 e. The van der Waals surface area contributed by atoms with Gasteiger partial charge in [-0.3, -0.25) is 4.79 Å². The number of methoxy groups -OCH3 is 3. The first-order chi connectivity index (χ1) is 14.0. The molecule has 0 amide bonds. The van der Waals surface area contributed by atoms with Crippen molar-refractivity contribution in [2.75, 3.05) is 47.6 Å². The summed E-state index contributed by atoms with van der Waals surface area (Å²) in [4.78, 5) is 27.8. The van der Waals surface area contributed by atoms with Crippen LogP contribution in [0.25, 0.3) is 0 Å². The number of esters is 2. The molecule has 1 heterocycles. The molecule has 29 heavy (non-hydrogen) atoms. The van der Waals surface area contributed by atoms with Crippen molar-refractivity contribution in [3.63, 3.8) is 0 Å². The third-order valence-electron chi connectivity index (χ3n) is 5.46. The van der Waals surface area contributed by atoms with Gasteiger partial charge in [0.05, 0.1) is 34.5 Å². The van der Waals surface area contributed by atoms with Gasteiger partial charge in [0.1, 0.15) is 11.7 Å². The Morgan fingerprint density at radius 2 is 1.69 bits per heavy atom. The van der Waals surface area contributed by atoms with Crippen molar-refractivity contribution in [3.05, 3.63) is 52.7 Å². The summed E-state index contributed by atoms with van der Waals surface area (Å²) in [6.45, 7) is 4.40. The second-order valence-electron chi connectivity index (χ2n) is 7.01. The fourth-order valence-electron chi connectivity index (χ4n) is 4.03. The molecule has 0 radical (unpaired) electrons. The van der Waals surface area contributed by atoms with Crippen molar-refractivity contribution in [2.45, 2.75) is 12.8 Å². The van der Waals surface area contributed by atoms with E-state index in [4.69, 9.17) is 18.9 Å². The zero-order valence-corrected chi connectivity index (χ0v) is 17.3. The number of morpholine rings is 1. The van der Waals surface area contributed by atoms with Crippen LogP contribution in [0, 0.1) is 5.92 Å². The normalized spacial score (nSPS) is 22.1. The van der Waals surface area contributed by atoms with Gasteiger partial charge in [0.2, 0.25) is 0 Å². The smallest absolute Gasteiger partial charge is 0.334 e. The van der Waals surface area contributed by atoms with Crippen LogP contribution >= 0.6 is 0 Å². The Kier molecular flexibility index (Phi) is 6.59. The second kappa shape index (κ2) is 9.13. The summed E-state index contributed by atoms with van der Waals surface area (Å²) in [5.74, 6) is -1.33. The summed E-state index contributed by atoms with van der Waals surface area (Å²) in [7, 11) is 4.31. The fraction of sp³-hybridized carbons (Fsp3) is 0.455. The molecule has 156 valence electrons. The van der Waals surface area contributed by atoms with Crippen molar-refractivity contribution >= 4 is 11.9 Å². The molecule has 2 atom stereocenters. The lowest BCUT2D eigenvalue weighted by Crippen LogP contribution is -2.43. The van der Waals surface area contributed by atoms with E-state index in [1.807, 2.05) is 37.3 Å². The Bertz CT molecular complexity index is 820. The van der Waals surface area contributed by atoms with Gasteiger partial charge < -0.3 is 23.8 Å². The van der Waals surface area contributed by atoms with Gasteiger partial charge in [-0.05, 0) is 36.3 Å². The van der Waals surface area contributed by atoms with E-state index in [1.165, 1.54) is 14.2 Å². The molecule has 1 aromatic carbocycles. The van der Waals surface area contributed by atoms with Crippen molar-refractivity contribution < 1.29 is 28.5 Å². The Morgan fingerprint density at radius 3 is 2.24 bits per heavy atom. The van der Waals surface area contributed by atoms with Crippen molar-refractivity contribution in [3.8, 4) is 5.75 Å². The van der Waals surface area contributed by atoms with Gasteiger partial charge in [-0.2, -0.15) is 0 Å². The zero-order chi connectivity index (χ0) is 21.0. The van der Waals surface area contributed by atoms with Gasteiger partial charge in [-0.25, -0.2) is 4.79 Å². The second-order valence-corrected chi connectivity index (χ2v) is 7.01. The molecule has 1 saturated heterocycles. The molecule has 0 unspecified atom stereocenters. The highest BCUT2D eigenvalue weighted by Gasteiger charge is 2.44. The number of hydrogen-bond donors (Lipinski definition) is 0. The van der Waals surface area contributed by atoms with Crippen LogP contribution in [0.2, 0.25) is 0 Å². The largest absolute Gasteiger partial charge is 0.497 e. The zero-order valence-electron chi connectivity index (χ0n) is 17.3. The molecule has 0 aromatic heterocycles. The van der Waals surface area contributed by atoms with Gasteiger partial charge in [-0.1, -0.05) is 12.1 Å². The van der Waals surface area contributed by atoms with E-state index in [-0.39, 0.29) is 0 Å². The highest BCUT2D eigenvalue weighted by atomic mass is 16.5. The molecule has 0 saturated carbocycles. The van der Waals surface area contributed by atoms with E-state index >= 15 is 0 Å². The predicted octanol–water partition coefficient (Wildman–Crippen LogP) is 2.29. The predicted molar refractivity (Wildman–Crippen MR) is 106 cm³/mol. The molecule has 2 aliphatic rings. The molecular formula is C22H27NO6. The first-order valence-electron chi connectivity index (χ1n) is 9.57. The third kappa shape index (κ3) is 4.15. The van der Waals surface area contributed by atoms with Gasteiger partial charge >= 0.3 is 11.9 Å². The number of rotatable bonds is 5. The number of hydrogen-bond acceptors (Lipinski definition) is 7. The standard InChI is InChI=1S/C22H27NO6/c1-14-13-17(23-9-11-29-12-10-23)20(22(25)28-4)19(18(14)21(24)27-3)15-5-7-16(26-2)8-6-15/h5-8,13,19-20H,9-12H2,1-4H3/t19-,20+/m1/s1. The first kappa shape index (κ1) is 20.9. The minimum absolute atomic E-state index is 0.391. The van der Waals surface area contributed by atoms with Gasteiger partial charge in [0, 0.05) is 30.3 Å². The maximum atomic E-state index is 13.0. The summed E-state index contributed by atoms with van der Waals surface area (Å²) >= 11 is 0. The summed E-state index contributed by atoms with van der Waals surface area (Å²) in [5, 5.41) is 0. The van der Waals surface area contributed by atoms with Crippen molar-refractivity contribution in [1.29, 1.82) is 0 Å². The van der Waals surface area contributed by atoms with Crippen LogP contribution in [0.3, 0.4) is 0 Å². The van der Waals surface area contributed by atoms with Crippen molar-refractivity contribution in [2.24, 2.45) is 5.92 Å². The average Bonchev–Trinajstić information content (AvgIpc) is 2.78. The number of nitrogens with zero attached hydrogens (tertiary/aromatic N) is 1. The summed E-state index contributed by atoms with van der Waals surface area (Å²) in [5.41, 5.74) is 2.90. The minimum atomic E-state index is -0.663. The van der Waals surface area contributed by atoms with Crippen LogP contribution in [0.5, 0.6) is 5.75 Å². The Hall–Kier alpha value is -2.80. The lowest BCUT2D eigenvalue weighted by molar-refractivity contribution is -0.145. The number of carbonyl (C=O) groups excluding carboxylic acids is 2. The van der Waals surface area contributed by atoms with Crippen LogP contribution in [-0.4, -0.2) is 64.5 Å². The van der Waals surface area contributed by atoms with E-state index in [9.17, 15) is 9.59 Å². The number of benzene rings is 1. The van der Waals surface area contributed by atoms with Crippen LogP contribution < -0.4 is 4.74 Å². The van der Waals surface area contributed by atoms with E-state index in [1.54, 1.807) is 7.11 Å². The Balaban J connectivity index is 2.16. The van der Waals surface area contributed by atoms with Gasteiger partial charge in [-0.15, -0.1) is 0 Å². The highest BCUT2D eigenvalue weighted by Crippen LogP contribution is 2.44. The summed E-state index contributed by atoms with van der Waals surface area (Å²) in [6, 6.07) is 7.39. The average molecular weight is 401 g/mol. The maximum absolute atomic E-state index is 13.0. The van der Waals surface area contributed by atoms with E-state index in [0.717, 1.165) is 16.8 Å². The Labute approximate surface area is 170 Å². The number of allylic oxidation sites excluding steroid dienone is 2. The molecule has 0 N–H and O–H groups in total. The molecule has 0 bridgehead atoms. The molecule has 7 nitrogen and oxygen atoms in total. The quantitative estimate of drug-likeness (QED) is 0.701. The number of ether oxygens (including phenoxy) is 4. The molecule has 1 aromatic rings. The lowest BCUT2D eigenvalue weighted by Gasteiger charge is -2.40. The molecule has 1 aliphatic heterocycles. The van der Waals surface area contributed by atoms with Gasteiger partial charge in [0.25, 0.3) is 0 Å². The molecule has 1 fully saturated rings. The summed E-state index contributed by atoms with van der Waals surface area (Å²) < 4.78 is 21.0.